The third-order valence-electron chi connectivity index (χ3n) is 6.05. The fourth-order valence-corrected chi connectivity index (χ4v) is 4.38. The number of carbonyl (C=O) groups is 1. The fourth-order valence-electron chi connectivity index (χ4n) is 4.38. The van der Waals surface area contributed by atoms with Crippen molar-refractivity contribution in [3.05, 3.63) is 103 Å². The van der Waals surface area contributed by atoms with Gasteiger partial charge in [-0.15, -0.1) is 0 Å². The lowest BCUT2D eigenvalue weighted by Gasteiger charge is -2.10. The molecule has 1 aliphatic rings. The Morgan fingerprint density at radius 2 is 1.62 bits per heavy atom. The van der Waals surface area contributed by atoms with Crippen molar-refractivity contribution < 1.29 is 9.53 Å². The van der Waals surface area contributed by atoms with Crippen LogP contribution < -0.4 is 15.4 Å². The second-order valence-electron chi connectivity index (χ2n) is 8.18. The molecule has 6 nitrogen and oxygen atoms in total. The SMILES string of the molecule is O=C1Nc2ccccc2Nc2cc(-c3cn(CCOc4ccccc4)c4cnccc34)ccc21. The van der Waals surface area contributed by atoms with E-state index in [1.165, 1.54) is 0 Å². The molecule has 0 aliphatic carbocycles. The van der Waals surface area contributed by atoms with E-state index in [4.69, 9.17) is 4.74 Å². The van der Waals surface area contributed by atoms with Crippen molar-refractivity contribution >= 4 is 33.9 Å². The Labute approximate surface area is 196 Å². The summed E-state index contributed by atoms with van der Waals surface area (Å²) in [6.07, 6.45) is 5.82. The molecule has 0 fully saturated rings. The van der Waals surface area contributed by atoms with E-state index in [0.717, 1.165) is 44.8 Å². The molecule has 3 aromatic carbocycles. The molecule has 0 saturated heterocycles. The number of anilines is 3. The molecule has 1 aliphatic heterocycles. The molecule has 34 heavy (non-hydrogen) atoms. The highest BCUT2D eigenvalue weighted by Crippen LogP contribution is 2.36. The van der Waals surface area contributed by atoms with Gasteiger partial charge in [-0.25, -0.2) is 0 Å². The van der Waals surface area contributed by atoms with Crippen LogP contribution in [0.2, 0.25) is 0 Å². The molecule has 2 aromatic heterocycles. The summed E-state index contributed by atoms with van der Waals surface area (Å²) in [6, 6.07) is 25.5. The number of hydrogen-bond donors (Lipinski definition) is 2. The number of fused-ring (bicyclic) bond motifs is 3. The summed E-state index contributed by atoms with van der Waals surface area (Å²) < 4.78 is 8.08. The van der Waals surface area contributed by atoms with Gasteiger partial charge >= 0.3 is 0 Å². The molecule has 1 amide bonds. The van der Waals surface area contributed by atoms with E-state index in [1.54, 1.807) is 0 Å². The molecule has 0 spiro atoms. The van der Waals surface area contributed by atoms with E-state index >= 15 is 0 Å². The Morgan fingerprint density at radius 1 is 0.824 bits per heavy atom. The monoisotopic (exact) mass is 446 g/mol. The maximum atomic E-state index is 12.8. The molecule has 0 atom stereocenters. The Kier molecular flexibility index (Phi) is 4.96. The second-order valence-corrected chi connectivity index (χ2v) is 8.18. The number of nitrogens with zero attached hydrogens (tertiary/aromatic N) is 2. The number of benzene rings is 3. The van der Waals surface area contributed by atoms with Gasteiger partial charge in [-0.2, -0.15) is 0 Å². The van der Waals surface area contributed by atoms with Gasteiger partial charge in [0, 0.05) is 23.3 Å². The van der Waals surface area contributed by atoms with Crippen molar-refractivity contribution in [1.82, 2.24) is 9.55 Å². The van der Waals surface area contributed by atoms with Crippen molar-refractivity contribution in [3.8, 4) is 16.9 Å². The van der Waals surface area contributed by atoms with Crippen LogP contribution in [0.15, 0.2) is 97.5 Å². The van der Waals surface area contributed by atoms with E-state index in [9.17, 15) is 4.79 Å². The molecule has 5 aromatic rings. The first-order valence-corrected chi connectivity index (χ1v) is 11.2. The third-order valence-corrected chi connectivity index (χ3v) is 6.05. The molecule has 6 heteroatoms. The summed E-state index contributed by atoms with van der Waals surface area (Å²) in [5, 5.41) is 7.51. The van der Waals surface area contributed by atoms with Crippen molar-refractivity contribution in [3.63, 3.8) is 0 Å². The molecular weight excluding hydrogens is 424 g/mol. The Hall–Kier alpha value is -4.58. The Balaban J connectivity index is 1.35. The number of amides is 1. The summed E-state index contributed by atoms with van der Waals surface area (Å²) in [6.45, 7) is 1.24. The van der Waals surface area contributed by atoms with Gasteiger partial charge < -0.3 is 19.9 Å². The molecule has 3 heterocycles. The standard InChI is InChI=1S/C28H22N4O2/c33-28-22-11-10-19(16-26(22)30-24-8-4-5-9-25(24)31-28)23-18-32(27-17-29-13-12-21(23)27)14-15-34-20-6-2-1-3-7-20/h1-13,16-18,30H,14-15H2,(H,31,33). The minimum atomic E-state index is -0.122. The number of carbonyl (C=O) groups excluding carboxylic acids is 1. The van der Waals surface area contributed by atoms with Crippen molar-refractivity contribution in [2.24, 2.45) is 0 Å². The fraction of sp³-hybridized carbons (Fsp3) is 0.0714. The van der Waals surface area contributed by atoms with Crippen LogP contribution in [0.3, 0.4) is 0 Å². The zero-order chi connectivity index (χ0) is 22.9. The van der Waals surface area contributed by atoms with E-state index in [1.807, 2.05) is 91.3 Å². The average Bonchev–Trinajstić information content (AvgIpc) is 3.17. The van der Waals surface area contributed by atoms with Gasteiger partial charge in [0.05, 0.1) is 40.9 Å². The van der Waals surface area contributed by atoms with E-state index in [0.29, 0.717) is 18.7 Å². The number of rotatable bonds is 5. The van der Waals surface area contributed by atoms with Gasteiger partial charge in [0.15, 0.2) is 0 Å². The number of ether oxygens (including phenoxy) is 1. The predicted octanol–water partition coefficient (Wildman–Crippen LogP) is 6.09. The second kappa shape index (κ2) is 8.41. The molecule has 2 N–H and O–H groups in total. The summed E-state index contributed by atoms with van der Waals surface area (Å²) in [5.74, 6) is 0.733. The molecule has 166 valence electrons. The van der Waals surface area contributed by atoms with Crippen molar-refractivity contribution in [2.75, 3.05) is 17.2 Å². The highest BCUT2D eigenvalue weighted by Gasteiger charge is 2.20. The Morgan fingerprint density at radius 3 is 2.47 bits per heavy atom. The van der Waals surface area contributed by atoms with E-state index in [-0.39, 0.29) is 5.91 Å². The molecular formula is C28H22N4O2. The molecule has 0 saturated carbocycles. The highest BCUT2D eigenvalue weighted by atomic mass is 16.5. The topological polar surface area (TPSA) is 68.2 Å². The summed E-state index contributed by atoms with van der Waals surface area (Å²) in [5.41, 5.74) is 6.18. The minimum absolute atomic E-state index is 0.122. The van der Waals surface area contributed by atoms with Crippen LogP contribution in [0.25, 0.3) is 22.0 Å². The maximum Gasteiger partial charge on any atom is 0.257 e. The number of pyridine rings is 1. The first kappa shape index (κ1) is 20.1. The lowest BCUT2D eigenvalue weighted by molar-refractivity contribution is 0.102. The predicted molar refractivity (Wildman–Crippen MR) is 135 cm³/mol. The quantitative estimate of drug-likeness (QED) is 0.343. The van der Waals surface area contributed by atoms with Crippen LogP contribution in [0.5, 0.6) is 5.75 Å². The smallest absolute Gasteiger partial charge is 0.257 e. The molecule has 0 radical (unpaired) electrons. The maximum absolute atomic E-state index is 12.8. The number of nitrogens with one attached hydrogen (secondary N) is 2. The van der Waals surface area contributed by atoms with Gasteiger partial charge in [-0.1, -0.05) is 36.4 Å². The first-order valence-electron chi connectivity index (χ1n) is 11.2. The summed E-state index contributed by atoms with van der Waals surface area (Å²) >= 11 is 0. The first-order chi connectivity index (χ1) is 16.8. The summed E-state index contributed by atoms with van der Waals surface area (Å²) in [7, 11) is 0. The minimum Gasteiger partial charge on any atom is -0.492 e. The number of para-hydroxylation sites is 3. The van der Waals surface area contributed by atoms with E-state index < -0.39 is 0 Å². The number of hydrogen-bond acceptors (Lipinski definition) is 4. The van der Waals surface area contributed by atoms with Crippen LogP contribution in [0.4, 0.5) is 17.1 Å². The zero-order valence-corrected chi connectivity index (χ0v) is 18.4. The average molecular weight is 447 g/mol. The third kappa shape index (κ3) is 3.65. The normalized spacial score (nSPS) is 12.3. The van der Waals surface area contributed by atoms with E-state index in [2.05, 4.69) is 26.4 Å². The number of aromatic nitrogens is 2. The molecule has 0 unspecified atom stereocenters. The van der Waals surface area contributed by atoms with Crippen LogP contribution in [0.1, 0.15) is 10.4 Å². The van der Waals surface area contributed by atoms with Crippen LogP contribution in [-0.2, 0) is 6.54 Å². The largest absolute Gasteiger partial charge is 0.492 e. The molecule has 0 bridgehead atoms. The highest BCUT2D eigenvalue weighted by molar-refractivity contribution is 6.12. The summed E-state index contributed by atoms with van der Waals surface area (Å²) in [4.78, 5) is 17.1. The lowest BCUT2D eigenvalue weighted by Crippen LogP contribution is -2.10. The van der Waals surface area contributed by atoms with Crippen LogP contribution in [0, 0.1) is 0 Å². The van der Waals surface area contributed by atoms with Gasteiger partial charge in [-0.05, 0) is 48.0 Å². The zero-order valence-electron chi connectivity index (χ0n) is 18.4. The van der Waals surface area contributed by atoms with Gasteiger partial charge in [0.1, 0.15) is 12.4 Å². The van der Waals surface area contributed by atoms with Gasteiger partial charge in [-0.3, -0.25) is 9.78 Å². The lowest BCUT2D eigenvalue weighted by atomic mass is 10.0. The van der Waals surface area contributed by atoms with Crippen molar-refractivity contribution in [2.45, 2.75) is 6.54 Å². The van der Waals surface area contributed by atoms with Gasteiger partial charge in [0.2, 0.25) is 0 Å². The van der Waals surface area contributed by atoms with Crippen LogP contribution in [-0.4, -0.2) is 22.1 Å². The molecule has 6 rings (SSSR count). The van der Waals surface area contributed by atoms with Gasteiger partial charge in [0.25, 0.3) is 5.91 Å². The Bertz CT molecular complexity index is 1510. The van der Waals surface area contributed by atoms with Crippen LogP contribution >= 0.6 is 0 Å². The van der Waals surface area contributed by atoms with Crippen molar-refractivity contribution in [1.29, 1.82) is 0 Å².